The molecule has 1 fully saturated rings. The number of carbonyl (C=O) groups excluding carboxylic acids is 1. The average Bonchev–Trinajstić information content (AvgIpc) is 2.44. The van der Waals surface area contributed by atoms with Crippen molar-refractivity contribution in [1.82, 2.24) is 5.32 Å². The van der Waals surface area contributed by atoms with Crippen LogP contribution in [0, 0.1) is 17.3 Å². The van der Waals surface area contributed by atoms with Gasteiger partial charge < -0.3 is 10.1 Å². The van der Waals surface area contributed by atoms with Crippen molar-refractivity contribution < 1.29 is 9.53 Å². The normalized spacial score (nSPS) is 32.4. The Kier molecular flexibility index (Phi) is 3.98. The molecule has 3 heteroatoms. The fourth-order valence-corrected chi connectivity index (χ4v) is 4.05. The lowest BCUT2D eigenvalue weighted by Crippen LogP contribution is -2.35. The summed E-state index contributed by atoms with van der Waals surface area (Å²) >= 11 is 0. The molecular formula is C19H25NO2. The molecule has 0 aromatic heterocycles. The van der Waals surface area contributed by atoms with Crippen molar-refractivity contribution in [1.29, 1.82) is 0 Å². The van der Waals surface area contributed by atoms with Gasteiger partial charge in [-0.05, 0) is 36.2 Å². The average molecular weight is 299 g/mol. The number of fused-ring (bicyclic) bond motifs is 1. The molecule has 1 N–H and O–H groups in total. The van der Waals surface area contributed by atoms with E-state index in [0.29, 0.717) is 11.5 Å². The Morgan fingerprint density at radius 3 is 2.86 bits per heavy atom. The Morgan fingerprint density at radius 2 is 2.09 bits per heavy atom. The number of dihydropyridines is 1. The van der Waals surface area contributed by atoms with Crippen LogP contribution in [-0.2, 0) is 9.53 Å². The van der Waals surface area contributed by atoms with E-state index in [4.69, 9.17) is 4.74 Å². The number of rotatable bonds is 2. The minimum absolute atomic E-state index is 0.0211. The Hall–Kier alpha value is -1.77. The van der Waals surface area contributed by atoms with Gasteiger partial charge in [-0.3, -0.25) is 0 Å². The molecule has 1 heterocycles. The number of allylic oxidation sites excluding steroid dienone is 5. The summed E-state index contributed by atoms with van der Waals surface area (Å²) in [5.41, 5.74) is 2.06. The van der Waals surface area contributed by atoms with Gasteiger partial charge in [0.25, 0.3) is 0 Å². The van der Waals surface area contributed by atoms with E-state index >= 15 is 0 Å². The molecule has 0 saturated heterocycles. The summed E-state index contributed by atoms with van der Waals surface area (Å²) in [6, 6.07) is 0. The molecule has 3 atom stereocenters. The van der Waals surface area contributed by atoms with Crippen LogP contribution in [-0.4, -0.2) is 12.1 Å². The molecule has 22 heavy (non-hydrogen) atoms. The zero-order valence-electron chi connectivity index (χ0n) is 13.6. The Morgan fingerprint density at radius 1 is 1.27 bits per heavy atom. The van der Waals surface area contributed by atoms with Gasteiger partial charge in [-0.2, -0.15) is 0 Å². The first-order valence-corrected chi connectivity index (χ1v) is 8.17. The second-order valence-electron chi connectivity index (χ2n) is 7.57. The molecule has 1 saturated carbocycles. The fraction of sp³-hybridized carbons (Fsp3) is 0.526. The summed E-state index contributed by atoms with van der Waals surface area (Å²) in [6.07, 6.45) is 14.9. The quantitative estimate of drug-likeness (QED) is 0.787. The highest BCUT2D eigenvalue weighted by Crippen LogP contribution is 2.40. The van der Waals surface area contributed by atoms with Crippen molar-refractivity contribution in [3.05, 3.63) is 47.9 Å². The first-order valence-electron chi connectivity index (χ1n) is 8.17. The van der Waals surface area contributed by atoms with Crippen LogP contribution in [0.3, 0.4) is 0 Å². The van der Waals surface area contributed by atoms with Gasteiger partial charge in [0.15, 0.2) is 0 Å². The summed E-state index contributed by atoms with van der Waals surface area (Å²) in [4.78, 5) is 12.6. The van der Waals surface area contributed by atoms with Crippen LogP contribution in [0.1, 0.15) is 40.0 Å². The van der Waals surface area contributed by atoms with Gasteiger partial charge in [-0.25, -0.2) is 4.79 Å². The van der Waals surface area contributed by atoms with Crippen molar-refractivity contribution in [3.63, 3.8) is 0 Å². The van der Waals surface area contributed by atoms with Gasteiger partial charge in [-0.15, -0.1) is 0 Å². The van der Waals surface area contributed by atoms with Crippen molar-refractivity contribution in [2.75, 3.05) is 0 Å². The van der Waals surface area contributed by atoms with E-state index in [2.05, 4.69) is 26.1 Å². The molecule has 3 rings (SSSR count). The predicted octanol–water partition coefficient (Wildman–Crippen LogP) is 3.86. The zero-order chi connectivity index (χ0) is 15.7. The van der Waals surface area contributed by atoms with E-state index in [1.165, 1.54) is 6.42 Å². The van der Waals surface area contributed by atoms with Crippen LogP contribution in [0.15, 0.2) is 47.9 Å². The van der Waals surface area contributed by atoms with Crippen molar-refractivity contribution in [3.8, 4) is 0 Å². The van der Waals surface area contributed by atoms with Crippen LogP contribution >= 0.6 is 0 Å². The van der Waals surface area contributed by atoms with Crippen molar-refractivity contribution in [2.24, 2.45) is 17.3 Å². The van der Waals surface area contributed by atoms with Gasteiger partial charge in [-0.1, -0.05) is 45.1 Å². The monoisotopic (exact) mass is 299 g/mol. The molecule has 118 valence electrons. The van der Waals surface area contributed by atoms with Crippen molar-refractivity contribution in [2.45, 2.75) is 46.1 Å². The molecule has 0 bridgehead atoms. The topological polar surface area (TPSA) is 38.3 Å². The summed E-state index contributed by atoms with van der Waals surface area (Å²) in [5, 5.41) is 3.07. The maximum atomic E-state index is 12.6. The molecular weight excluding hydrogens is 274 g/mol. The lowest BCUT2D eigenvalue weighted by atomic mass is 9.71. The highest BCUT2D eigenvalue weighted by molar-refractivity contribution is 5.91. The third-order valence-electron chi connectivity index (χ3n) is 4.74. The maximum Gasteiger partial charge on any atom is 0.336 e. The minimum atomic E-state index is -0.182. The van der Waals surface area contributed by atoms with Crippen LogP contribution in [0.5, 0.6) is 0 Å². The lowest BCUT2D eigenvalue weighted by Gasteiger charge is -2.38. The second-order valence-corrected chi connectivity index (χ2v) is 7.57. The zero-order valence-corrected chi connectivity index (χ0v) is 13.6. The highest BCUT2D eigenvalue weighted by atomic mass is 16.5. The van der Waals surface area contributed by atoms with Crippen LogP contribution in [0.25, 0.3) is 0 Å². The molecule has 1 aliphatic heterocycles. The number of carbonyl (C=O) groups is 1. The van der Waals surface area contributed by atoms with Gasteiger partial charge >= 0.3 is 5.97 Å². The van der Waals surface area contributed by atoms with E-state index in [-0.39, 0.29) is 23.4 Å². The molecule has 3 nitrogen and oxygen atoms in total. The van der Waals surface area contributed by atoms with E-state index < -0.39 is 0 Å². The lowest BCUT2D eigenvalue weighted by molar-refractivity contribution is -0.149. The van der Waals surface area contributed by atoms with Gasteiger partial charge in [0.05, 0.1) is 5.57 Å². The first-order chi connectivity index (χ1) is 10.4. The van der Waals surface area contributed by atoms with Crippen LogP contribution < -0.4 is 5.32 Å². The molecule has 3 unspecified atom stereocenters. The third kappa shape index (κ3) is 3.18. The highest BCUT2D eigenvalue weighted by Gasteiger charge is 2.35. The number of ether oxygens (including phenoxy) is 1. The van der Waals surface area contributed by atoms with E-state index in [0.717, 1.165) is 18.4 Å². The van der Waals surface area contributed by atoms with E-state index in [1.807, 2.05) is 30.5 Å². The molecule has 0 amide bonds. The van der Waals surface area contributed by atoms with Gasteiger partial charge in [0, 0.05) is 18.3 Å². The van der Waals surface area contributed by atoms with Crippen LogP contribution in [0.2, 0.25) is 0 Å². The number of hydrogen-bond acceptors (Lipinski definition) is 3. The number of esters is 1. The summed E-state index contributed by atoms with van der Waals surface area (Å²) < 4.78 is 5.85. The van der Waals surface area contributed by atoms with Gasteiger partial charge in [0.1, 0.15) is 6.10 Å². The largest absolute Gasteiger partial charge is 0.459 e. The standard InChI is InChI=1S/C19H25NO2/c1-13-8-15(10-19(2,3)9-13)22-18(21)17-12-20-11-14-6-4-5-7-16(14)17/h4-7,11-13,15-16,20H,8-10H2,1-3H3. The van der Waals surface area contributed by atoms with Crippen molar-refractivity contribution >= 4 is 5.97 Å². The summed E-state index contributed by atoms with van der Waals surface area (Å²) in [6.45, 7) is 6.78. The summed E-state index contributed by atoms with van der Waals surface area (Å²) in [5.74, 6) is 0.443. The van der Waals surface area contributed by atoms with E-state index in [1.54, 1.807) is 6.20 Å². The minimum Gasteiger partial charge on any atom is -0.459 e. The number of nitrogens with one attached hydrogen (secondary N) is 1. The molecule has 0 radical (unpaired) electrons. The van der Waals surface area contributed by atoms with Crippen LogP contribution in [0.4, 0.5) is 0 Å². The SMILES string of the molecule is CC1CC(OC(=O)C2=CNC=C3C=CC=CC32)CC(C)(C)C1. The first kappa shape index (κ1) is 15.1. The molecule has 3 aliphatic rings. The molecule has 0 spiro atoms. The number of hydrogen-bond donors (Lipinski definition) is 1. The second kappa shape index (κ2) is 5.79. The fourth-order valence-electron chi connectivity index (χ4n) is 4.05. The Bertz CT molecular complexity index is 580. The maximum absolute atomic E-state index is 12.6. The molecule has 0 aromatic rings. The molecule has 0 aromatic carbocycles. The molecule has 2 aliphatic carbocycles. The third-order valence-corrected chi connectivity index (χ3v) is 4.74. The summed E-state index contributed by atoms with van der Waals surface area (Å²) in [7, 11) is 0. The van der Waals surface area contributed by atoms with E-state index in [9.17, 15) is 4.79 Å². The smallest absolute Gasteiger partial charge is 0.336 e. The van der Waals surface area contributed by atoms with Gasteiger partial charge in [0.2, 0.25) is 0 Å². The Balaban J connectivity index is 1.68. The predicted molar refractivity (Wildman–Crippen MR) is 87.7 cm³/mol. The Labute approximate surface area is 132 Å².